The van der Waals surface area contributed by atoms with E-state index >= 15 is 0 Å². The molecule has 0 spiro atoms. The molecule has 0 aliphatic heterocycles. The quantitative estimate of drug-likeness (QED) is 0.125. The van der Waals surface area contributed by atoms with Crippen molar-refractivity contribution in [1.29, 1.82) is 5.26 Å². The number of nitriles is 1. The van der Waals surface area contributed by atoms with Crippen molar-refractivity contribution in [3.05, 3.63) is 212 Å². The van der Waals surface area contributed by atoms with Crippen molar-refractivity contribution < 1.29 is 4.42 Å². The zero-order chi connectivity index (χ0) is 39.8. The molecule has 6 heteroatoms. The normalized spacial score (nSPS) is 12.0. The maximum Gasteiger partial charge on any atom is 0.202 e. The lowest BCUT2D eigenvalue weighted by Crippen LogP contribution is -2.75. The van der Waals surface area contributed by atoms with Crippen LogP contribution in [0.15, 0.2) is 211 Å². The molecule has 0 saturated carbocycles. The van der Waals surface area contributed by atoms with Crippen LogP contribution in [-0.4, -0.2) is 22.2 Å². The summed E-state index contributed by atoms with van der Waals surface area (Å²) in [6, 6.07) is 75.7. The number of hydrogen-bond donors (Lipinski definition) is 0. The Hall–Kier alpha value is -7.98. The van der Waals surface area contributed by atoms with E-state index in [1.165, 1.54) is 26.3 Å². The molecule has 12 rings (SSSR count). The number of hydrogen-bond acceptors (Lipinski definition) is 3. The van der Waals surface area contributed by atoms with E-state index in [-0.39, 0.29) is 0 Å². The predicted octanol–water partition coefficient (Wildman–Crippen LogP) is 10.4. The monoisotopic (exact) mass is 782 g/mol. The Balaban J connectivity index is 1.17. The molecule has 0 fully saturated rings. The number of benzene rings is 8. The van der Waals surface area contributed by atoms with Crippen LogP contribution in [0, 0.1) is 11.3 Å². The smallest absolute Gasteiger partial charge is 0.202 e. The number of furan rings is 1. The van der Waals surface area contributed by atoms with Crippen molar-refractivity contribution in [2.45, 2.75) is 0 Å². The first-order chi connectivity index (χ1) is 29.7. The molecule has 0 N–H and O–H groups in total. The minimum Gasteiger partial charge on any atom is -0.456 e. The summed E-state index contributed by atoms with van der Waals surface area (Å²) in [5.74, 6) is 0.833. The molecule has 0 unspecified atom stereocenters. The van der Waals surface area contributed by atoms with Gasteiger partial charge in [0, 0.05) is 37.9 Å². The van der Waals surface area contributed by atoms with Crippen LogP contribution >= 0.6 is 0 Å². The lowest BCUT2D eigenvalue weighted by atomic mass is 10.1. The zero-order valence-corrected chi connectivity index (χ0v) is 33.3. The summed E-state index contributed by atoms with van der Waals surface area (Å²) in [6.07, 6.45) is 0. The molecule has 0 bridgehead atoms. The van der Waals surface area contributed by atoms with Crippen molar-refractivity contribution in [3.63, 3.8) is 0 Å². The molecule has 5 nitrogen and oxygen atoms in total. The summed E-state index contributed by atoms with van der Waals surface area (Å²) in [5.41, 5.74) is 7.79. The van der Waals surface area contributed by atoms with Crippen LogP contribution < -0.4 is 20.9 Å². The number of aromatic nitrogens is 3. The van der Waals surface area contributed by atoms with Gasteiger partial charge in [-0.3, -0.25) is 4.57 Å². The number of rotatable bonds is 6. The Kier molecular flexibility index (Phi) is 7.55. The van der Waals surface area contributed by atoms with Gasteiger partial charge in [0.1, 0.15) is 17.0 Å². The van der Waals surface area contributed by atoms with Gasteiger partial charge in [-0.05, 0) is 88.4 Å². The minimum atomic E-state index is -3.16. The van der Waals surface area contributed by atoms with Crippen LogP contribution in [0.4, 0.5) is 0 Å². The van der Waals surface area contributed by atoms with Gasteiger partial charge in [0.05, 0.1) is 39.1 Å². The summed E-state index contributed by atoms with van der Waals surface area (Å²) in [7, 11) is -3.16. The number of nitrogens with zero attached hydrogens (tertiary/aromatic N) is 4. The molecule has 0 aliphatic carbocycles. The Morgan fingerprint density at radius 1 is 0.450 bits per heavy atom. The molecule has 8 aromatic carbocycles. The zero-order valence-electron chi connectivity index (χ0n) is 32.3. The van der Waals surface area contributed by atoms with Crippen molar-refractivity contribution >= 4 is 94.5 Å². The average molecular weight is 783 g/mol. The molecular weight excluding hydrogens is 749 g/mol. The van der Waals surface area contributed by atoms with Gasteiger partial charge in [-0.1, -0.05) is 133 Å². The molecular formula is C54H34N4OSi. The lowest BCUT2D eigenvalue weighted by molar-refractivity contribution is 0.669. The van der Waals surface area contributed by atoms with Crippen LogP contribution in [0.25, 0.3) is 77.1 Å². The van der Waals surface area contributed by atoms with Gasteiger partial charge in [0.2, 0.25) is 8.07 Å². The van der Waals surface area contributed by atoms with Gasteiger partial charge in [-0.2, -0.15) is 5.26 Å². The number of pyridine rings is 1. The Bertz CT molecular complexity index is 3650. The fourth-order valence-corrected chi connectivity index (χ4v) is 14.4. The van der Waals surface area contributed by atoms with Gasteiger partial charge in [0.25, 0.3) is 0 Å². The van der Waals surface area contributed by atoms with Crippen molar-refractivity contribution in [3.8, 4) is 17.6 Å². The second-order valence-corrected chi connectivity index (χ2v) is 19.1. The largest absolute Gasteiger partial charge is 0.456 e. The first-order valence-corrected chi connectivity index (χ1v) is 22.2. The first-order valence-electron chi connectivity index (χ1n) is 20.2. The molecule has 0 amide bonds. The van der Waals surface area contributed by atoms with E-state index in [1.54, 1.807) is 0 Å². The highest BCUT2D eigenvalue weighted by Gasteiger charge is 2.43. The minimum absolute atomic E-state index is 0.636. The van der Waals surface area contributed by atoms with Crippen LogP contribution in [0.1, 0.15) is 5.56 Å². The van der Waals surface area contributed by atoms with E-state index < -0.39 is 8.07 Å². The summed E-state index contributed by atoms with van der Waals surface area (Å²) in [5, 5.41) is 21.3. The molecule has 12 aromatic rings. The summed E-state index contributed by atoms with van der Waals surface area (Å²) < 4.78 is 11.2. The Morgan fingerprint density at radius 3 is 1.82 bits per heavy atom. The predicted molar refractivity (Wildman–Crippen MR) is 249 cm³/mol. The highest BCUT2D eigenvalue weighted by atomic mass is 28.3. The van der Waals surface area contributed by atoms with Gasteiger partial charge in [-0.25, -0.2) is 4.98 Å². The van der Waals surface area contributed by atoms with Crippen molar-refractivity contribution in [2.75, 3.05) is 0 Å². The van der Waals surface area contributed by atoms with Crippen molar-refractivity contribution in [1.82, 2.24) is 14.1 Å². The first kappa shape index (κ1) is 34.1. The van der Waals surface area contributed by atoms with Crippen LogP contribution in [0.3, 0.4) is 0 Å². The number of para-hydroxylation sites is 3. The molecule has 4 heterocycles. The average Bonchev–Trinajstić information content (AvgIpc) is 3.98. The second-order valence-electron chi connectivity index (χ2n) is 15.4. The maximum atomic E-state index is 9.84. The second kappa shape index (κ2) is 13.3. The van der Waals surface area contributed by atoms with Gasteiger partial charge >= 0.3 is 0 Å². The third-order valence-corrected chi connectivity index (χ3v) is 16.9. The highest BCUT2D eigenvalue weighted by molar-refractivity contribution is 7.19. The van der Waals surface area contributed by atoms with E-state index in [9.17, 15) is 5.26 Å². The fraction of sp³-hybridized carbons (Fsp3) is 0. The van der Waals surface area contributed by atoms with E-state index in [1.807, 2.05) is 18.2 Å². The lowest BCUT2D eigenvalue weighted by Gasteiger charge is -2.34. The van der Waals surface area contributed by atoms with Gasteiger partial charge in [-0.15, -0.1) is 0 Å². The van der Waals surface area contributed by atoms with E-state index in [0.29, 0.717) is 5.56 Å². The standard InChI is InChI=1S/C54H34N4OSi/c55-35-36-29-31-48-45(33-36)42-22-8-11-25-47(42)58(48)51-27-14-28-52(56-51)60(38-16-3-1-4-17-38,39-18-5-2-6-19-39)40-20-13-15-37(34-40)57-46-24-10-7-21-41(46)43-30-32-50-53(54(43)57)44-23-9-12-26-49(44)59-50/h1-34H. The molecule has 4 aromatic heterocycles. The molecule has 280 valence electrons. The van der Waals surface area contributed by atoms with Crippen LogP contribution in [0.5, 0.6) is 0 Å². The Labute approximate surface area is 346 Å². The topological polar surface area (TPSA) is 59.7 Å². The maximum absolute atomic E-state index is 9.84. The van der Waals surface area contributed by atoms with Crippen LogP contribution in [0.2, 0.25) is 0 Å². The van der Waals surface area contributed by atoms with E-state index in [2.05, 4.69) is 203 Å². The third kappa shape index (κ3) is 4.87. The Morgan fingerprint density at radius 2 is 1.07 bits per heavy atom. The molecule has 0 radical (unpaired) electrons. The SMILES string of the molecule is N#Cc1ccc2c(c1)c1ccccc1n2-c1cccc([Si](c2ccccc2)(c2ccccc2)c2cccc(-n3c4ccccc4c4ccc5oc6ccccc6c5c43)c2)n1. The molecule has 60 heavy (non-hydrogen) atoms. The van der Waals surface area contributed by atoms with Crippen LogP contribution in [-0.2, 0) is 0 Å². The van der Waals surface area contributed by atoms with Crippen molar-refractivity contribution in [2.24, 2.45) is 0 Å². The fourth-order valence-electron chi connectivity index (χ4n) is 9.78. The highest BCUT2D eigenvalue weighted by Crippen LogP contribution is 2.41. The number of fused-ring (bicyclic) bond motifs is 10. The summed E-state index contributed by atoms with van der Waals surface area (Å²) in [4.78, 5) is 5.76. The summed E-state index contributed by atoms with van der Waals surface area (Å²) in [6.45, 7) is 0. The van der Waals surface area contributed by atoms with E-state index in [4.69, 9.17) is 9.40 Å². The molecule has 0 aliphatic rings. The molecule has 0 saturated heterocycles. The van der Waals surface area contributed by atoms with Gasteiger partial charge < -0.3 is 8.98 Å². The third-order valence-electron chi connectivity index (χ3n) is 12.3. The summed E-state index contributed by atoms with van der Waals surface area (Å²) >= 11 is 0. The van der Waals surface area contributed by atoms with Gasteiger partial charge in [0.15, 0.2) is 0 Å². The van der Waals surface area contributed by atoms with E-state index in [0.717, 1.165) is 71.6 Å². The molecule has 0 atom stereocenters.